The summed E-state index contributed by atoms with van der Waals surface area (Å²) in [5.41, 5.74) is 5.15. The van der Waals surface area contributed by atoms with E-state index >= 15 is 0 Å². The molecular formula is C7H16N2O2S. The summed E-state index contributed by atoms with van der Waals surface area (Å²) in [6.45, 7) is 3.73. The fourth-order valence-electron chi connectivity index (χ4n) is 0.918. The SMILES string of the molecule is CC(C)S(=O)(=O)NC1(CN)CC1. The maximum absolute atomic E-state index is 11.4. The van der Waals surface area contributed by atoms with Gasteiger partial charge in [0.15, 0.2) is 0 Å². The van der Waals surface area contributed by atoms with Crippen LogP contribution in [-0.2, 0) is 10.0 Å². The third-order valence-corrected chi connectivity index (χ3v) is 4.18. The second-order valence-corrected chi connectivity index (χ2v) is 5.92. The van der Waals surface area contributed by atoms with E-state index in [9.17, 15) is 8.42 Å². The predicted molar refractivity (Wildman–Crippen MR) is 48.2 cm³/mol. The van der Waals surface area contributed by atoms with Gasteiger partial charge in [0.2, 0.25) is 10.0 Å². The van der Waals surface area contributed by atoms with Crippen molar-refractivity contribution in [1.29, 1.82) is 0 Å². The Labute approximate surface area is 73.6 Å². The van der Waals surface area contributed by atoms with E-state index in [4.69, 9.17) is 5.73 Å². The maximum Gasteiger partial charge on any atom is 0.214 e. The molecule has 0 aromatic carbocycles. The summed E-state index contributed by atoms with van der Waals surface area (Å²) in [6, 6.07) is 0. The zero-order valence-corrected chi connectivity index (χ0v) is 8.32. The molecule has 1 saturated carbocycles. The average molecular weight is 192 g/mol. The van der Waals surface area contributed by atoms with E-state index in [1.165, 1.54) is 0 Å². The lowest BCUT2D eigenvalue weighted by Crippen LogP contribution is -2.45. The van der Waals surface area contributed by atoms with E-state index in [0.717, 1.165) is 12.8 Å². The molecule has 0 heterocycles. The topological polar surface area (TPSA) is 72.2 Å². The lowest BCUT2D eigenvalue weighted by Gasteiger charge is -2.16. The van der Waals surface area contributed by atoms with Crippen molar-refractivity contribution in [2.75, 3.05) is 6.54 Å². The van der Waals surface area contributed by atoms with Crippen LogP contribution < -0.4 is 10.5 Å². The largest absolute Gasteiger partial charge is 0.329 e. The number of nitrogens with one attached hydrogen (secondary N) is 1. The molecule has 1 aliphatic rings. The Hall–Kier alpha value is -0.130. The fraction of sp³-hybridized carbons (Fsp3) is 1.00. The van der Waals surface area contributed by atoms with Gasteiger partial charge >= 0.3 is 0 Å². The Kier molecular flexibility index (Phi) is 2.47. The van der Waals surface area contributed by atoms with Crippen molar-refractivity contribution in [3.8, 4) is 0 Å². The number of sulfonamides is 1. The number of nitrogens with two attached hydrogens (primary N) is 1. The Morgan fingerprint density at radius 3 is 2.25 bits per heavy atom. The highest BCUT2D eigenvalue weighted by Gasteiger charge is 2.44. The highest BCUT2D eigenvalue weighted by molar-refractivity contribution is 7.90. The first kappa shape index (κ1) is 9.95. The molecule has 0 aromatic heterocycles. The summed E-state index contributed by atoms with van der Waals surface area (Å²) in [5, 5.41) is -0.374. The van der Waals surface area contributed by atoms with Gasteiger partial charge in [-0.3, -0.25) is 0 Å². The van der Waals surface area contributed by atoms with E-state index in [1.807, 2.05) is 0 Å². The summed E-state index contributed by atoms with van der Waals surface area (Å²) in [6.07, 6.45) is 1.74. The molecule has 0 radical (unpaired) electrons. The molecule has 0 spiro atoms. The molecule has 0 saturated heterocycles. The van der Waals surface area contributed by atoms with Crippen LogP contribution in [0.3, 0.4) is 0 Å². The summed E-state index contributed by atoms with van der Waals surface area (Å²) in [4.78, 5) is 0. The van der Waals surface area contributed by atoms with Crippen molar-refractivity contribution in [1.82, 2.24) is 4.72 Å². The molecule has 0 aromatic rings. The van der Waals surface area contributed by atoms with Gasteiger partial charge in [-0.15, -0.1) is 0 Å². The smallest absolute Gasteiger partial charge is 0.214 e. The molecule has 0 bridgehead atoms. The average Bonchev–Trinajstić information content (AvgIpc) is 2.68. The summed E-state index contributed by atoms with van der Waals surface area (Å²) in [5.74, 6) is 0. The molecule has 0 amide bonds. The molecule has 1 rings (SSSR count). The van der Waals surface area contributed by atoms with E-state index in [-0.39, 0.29) is 10.8 Å². The summed E-state index contributed by atoms with van der Waals surface area (Å²) in [7, 11) is -3.14. The van der Waals surface area contributed by atoms with Gasteiger partial charge < -0.3 is 5.73 Å². The molecule has 0 aliphatic heterocycles. The highest BCUT2D eigenvalue weighted by atomic mass is 32.2. The maximum atomic E-state index is 11.4. The molecule has 0 unspecified atom stereocenters. The third-order valence-electron chi connectivity index (χ3n) is 2.22. The van der Waals surface area contributed by atoms with Crippen LogP contribution in [0, 0.1) is 0 Å². The fourth-order valence-corrected chi connectivity index (χ4v) is 2.05. The van der Waals surface area contributed by atoms with Crippen molar-refractivity contribution >= 4 is 10.0 Å². The lowest BCUT2D eigenvalue weighted by molar-refractivity contribution is 0.537. The van der Waals surface area contributed by atoms with Gasteiger partial charge in [0, 0.05) is 12.1 Å². The molecule has 4 nitrogen and oxygen atoms in total. The second-order valence-electron chi connectivity index (χ2n) is 3.68. The van der Waals surface area contributed by atoms with Gasteiger partial charge in [0.05, 0.1) is 5.25 Å². The van der Waals surface area contributed by atoms with Crippen LogP contribution in [0.15, 0.2) is 0 Å². The van der Waals surface area contributed by atoms with Gasteiger partial charge in [0.1, 0.15) is 0 Å². The molecule has 3 N–H and O–H groups in total. The van der Waals surface area contributed by atoms with Gasteiger partial charge in [-0.2, -0.15) is 0 Å². The Morgan fingerprint density at radius 1 is 1.50 bits per heavy atom. The van der Waals surface area contributed by atoms with Crippen LogP contribution in [0.2, 0.25) is 0 Å². The monoisotopic (exact) mass is 192 g/mol. The van der Waals surface area contributed by atoms with E-state index in [2.05, 4.69) is 4.72 Å². The number of hydrogen-bond donors (Lipinski definition) is 2. The van der Waals surface area contributed by atoms with Crippen molar-refractivity contribution in [2.24, 2.45) is 5.73 Å². The summed E-state index contributed by atoms with van der Waals surface area (Å²) >= 11 is 0. The number of rotatable bonds is 4. The Morgan fingerprint density at radius 2 is 2.00 bits per heavy atom. The van der Waals surface area contributed by atoms with Crippen molar-refractivity contribution in [3.63, 3.8) is 0 Å². The first-order chi connectivity index (χ1) is 5.42. The molecule has 0 atom stereocenters. The van der Waals surface area contributed by atoms with Crippen molar-refractivity contribution in [2.45, 2.75) is 37.5 Å². The number of hydrogen-bond acceptors (Lipinski definition) is 3. The van der Waals surface area contributed by atoms with Gasteiger partial charge in [-0.25, -0.2) is 13.1 Å². The minimum Gasteiger partial charge on any atom is -0.329 e. The van der Waals surface area contributed by atoms with Crippen LogP contribution in [-0.4, -0.2) is 25.8 Å². The quantitative estimate of drug-likeness (QED) is 0.648. The first-order valence-electron chi connectivity index (χ1n) is 4.15. The van der Waals surface area contributed by atoms with Crippen LogP contribution in [0.1, 0.15) is 26.7 Å². The van der Waals surface area contributed by atoms with Crippen LogP contribution >= 0.6 is 0 Å². The third kappa shape index (κ3) is 1.97. The molecule has 5 heteroatoms. The molecular weight excluding hydrogens is 176 g/mol. The molecule has 1 fully saturated rings. The van der Waals surface area contributed by atoms with Crippen molar-refractivity contribution in [3.05, 3.63) is 0 Å². The normalized spacial score (nSPS) is 21.3. The summed E-state index contributed by atoms with van der Waals surface area (Å²) < 4.78 is 25.4. The predicted octanol–water partition coefficient (Wildman–Crippen LogP) is -0.195. The van der Waals surface area contributed by atoms with Crippen LogP contribution in [0.25, 0.3) is 0 Å². The molecule has 72 valence electrons. The first-order valence-corrected chi connectivity index (χ1v) is 5.69. The zero-order valence-electron chi connectivity index (χ0n) is 7.50. The minimum absolute atomic E-state index is 0.302. The molecule has 12 heavy (non-hydrogen) atoms. The zero-order chi connectivity index (χ0) is 9.41. The second kappa shape index (κ2) is 2.97. The van der Waals surface area contributed by atoms with Crippen molar-refractivity contribution < 1.29 is 8.42 Å². The Balaban J connectivity index is 2.62. The highest BCUT2D eigenvalue weighted by Crippen LogP contribution is 2.35. The van der Waals surface area contributed by atoms with E-state index < -0.39 is 10.0 Å². The van der Waals surface area contributed by atoms with Gasteiger partial charge in [-0.05, 0) is 26.7 Å². The van der Waals surface area contributed by atoms with Gasteiger partial charge in [-0.1, -0.05) is 0 Å². The minimum atomic E-state index is -3.14. The van der Waals surface area contributed by atoms with Crippen LogP contribution in [0.4, 0.5) is 0 Å². The lowest BCUT2D eigenvalue weighted by atomic mass is 10.3. The van der Waals surface area contributed by atoms with E-state index in [1.54, 1.807) is 13.8 Å². The Bertz CT molecular complexity index is 255. The van der Waals surface area contributed by atoms with E-state index in [0.29, 0.717) is 6.54 Å². The van der Waals surface area contributed by atoms with Crippen LogP contribution in [0.5, 0.6) is 0 Å². The molecule has 1 aliphatic carbocycles. The van der Waals surface area contributed by atoms with Gasteiger partial charge in [0.25, 0.3) is 0 Å². The standard InChI is InChI=1S/C7H16N2O2S/c1-6(2)12(10,11)9-7(5-8)3-4-7/h6,9H,3-5,8H2,1-2H3.